The number of carbonyl (C=O) groups excluding carboxylic acids is 1. The van der Waals surface area contributed by atoms with Crippen LogP contribution in [0, 0.1) is 6.92 Å². The zero-order valence-electron chi connectivity index (χ0n) is 17.5. The van der Waals surface area contributed by atoms with E-state index in [1.165, 1.54) is 0 Å². The van der Waals surface area contributed by atoms with Gasteiger partial charge in [0.15, 0.2) is 5.69 Å². The summed E-state index contributed by atoms with van der Waals surface area (Å²) in [5, 5.41) is 7.50. The van der Waals surface area contributed by atoms with Crippen molar-refractivity contribution in [1.29, 1.82) is 0 Å². The van der Waals surface area contributed by atoms with E-state index in [2.05, 4.69) is 15.4 Å². The smallest absolute Gasteiger partial charge is 0.272 e. The number of hydrogen-bond donors (Lipinski definition) is 1. The van der Waals surface area contributed by atoms with Crippen LogP contribution < -0.4 is 10.1 Å². The maximum Gasteiger partial charge on any atom is 0.272 e. The summed E-state index contributed by atoms with van der Waals surface area (Å²) in [6.45, 7) is 4.26. The van der Waals surface area contributed by atoms with Crippen molar-refractivity contribution in [1.82, 2.24) is 20.1 Å². The first-order chi connectivity index (χ1) is 15.1. The van der Waals surface area contributed by atoms with E-state index in [-0.39, 0.29) is 11.9 Å². The van der Waals surface area contributed by atoms with Gasteiger partial charge in [-0.25, -0.2) is 4.68 Å². The number of benzene rings is 2. The predicted molar refractivity (Wildman–Crippen MR) is 119 cm³/mol. The Morgan fingerprint density at radius 2 is 1.84 bits per heavy atom. The summed E-state index contributed by atoms with van der Waals surface area (Å²) in [4.78, 5) is 17.1. The van der Waals surface area contributed by atoms with Crippen LogP contribution in [0.4, 0.5) is 0 Å². The molecule has 31 heavy (non-hydrogen) atoms. The monoisotopic (exact) mass is 412 g/mol. The van der Waals surface area contributed by atoms with Gasteiger partial charge in [0.1, 0.15) is 12.4 Å². The lowest BCUT2D eigenvalue weighted by molar-refractivity contribution is 0.0934. The van der Waals surface area contributed by atoms with Crippen LogP contribution in [-0.4, -0.2) is 20.7 Å². The topological polar surface area (TPSA) is 69.0 Å². The molecule has 0 aliphatic carbocycles. The van der Waals surface area contributed by atoms with E-state index >= 15 is 0 Å². The molecule has 6 nitrogen and oxygen atoms in total. The van der Waals surface area contributed by atoms with Gasteiger partial charge in [-0.2, -0.15) is 5.10 Å². The normalized spacial score (nSPS) is 11.7. The van der Waals surface area contributed by atoms with Gasteiger partial charge in [-0.3, -0.25) is 9.78 Å². The first-order valence-electron chi connectivity index (χ1n) is 10.2. The number of pyridine rings is 1. The molecule has 4 aromatic rings. The molecule has 0 saturated heterocycles. The molecule has 2 aromatic carbocycles. The highest BCUT2D eigenvalue weighted by Crippen LogP contribution is 2.21. The number of nitrogens with one attached hydrogen (secondary N) is 1. The summed E-state index contributed by atoms with van der Waals surface area (Å²) in [5.74, 6) is 0.513. The van der Waals surface area contributed by atoms with Gasteiger partial charge in [-0.15, -0.1) is 0 Å². The van der Waals surface area contributed by atoms with Crippen molar-refractivity contribution < 1.29 is 9.53 Å². The van der Waals surface area contributed by atoms with Gasteiger partial charge in [0.25, 0.3) is 5.91 Å². The largest absolute Gasteiger partial charge is 0.487 e. The standard InChI is InChI=1S/C25H24N4O2/c1-18-15-24(28-29(18)22-11-4-3-5-12-22)25(30)27-19(2)20-9-8-13-23(16-20)31-17-21-10-6-7-14-26-21/h3-16,19H,17H2,1-2H3,(H,27,30). The number of ether oxygens (including phenoxy) is 1. The highest BCUT2D eigenvalue weighted by Gasteiger charge is 2.16. The third-order valence-electron chi connectivity index (χ3n) is 4.94. The average molecular weight is 412 g/mol. The Bertz CT molecular complexity index is 1160. The van der Waals surface area contributed by atoms with Gasteiger partial charge in [-0.05, 0) is 61.9 Å². The molecular weight excluding hydrogens is 388 g/mol. The molecular formula is C25H24N4O2. The molecule has 0 aliphatic heterocycles. The lowest BCUT2D eigenvalue weighted by Gasteiger charge is -2.15. The number of para-hydroxylation sites is 1. The maximum atomic E-state index is 12.8. The minimum Gasteiger partial charge on any atom is -0.487 e. The Morgan fingerprint density at radius 3 is 2.61 bits per heavy atom. The SMILES string of the molecule is Cc1cc(C(=O)NC(C)c2cccc(OCc3ccccn3)c2)nn1-c1ccccc1. The first-order valence-corrected chi connectivity index (χ1v) is 10.2. The van der Waals surface area contributed by atoms with Crippen LogP contribution in [0.15, 0.2) is 85.1 Å². The van der Waals surface area contributed by atoms with E-state index in [1.54, 1.807) is 16.9 Å². The van der Waals surface area contributed by atoms with Gasteiger partial charge in [0.2, 0.25) is 0 Å². The molecule has 2 heterocycles. The highest BCUT2D eigenvalue weighted by atomic mass is 16.5. The molecule has 0 saturated carbocycles. The number of amides is 1. The van der Waals surface area contributed by atoms with Gasteiger partial charge < -0.3 is 10.1 Å². The Hall–Kier alpha value is -3.93. The lowest BCUT2D eigenvalue weighted by Crippen LogP contribution is -2.27. The van der Waals surface area contributed by atoms with E-state index in [9.17, 15) is 4.79 Å². The third kappa shape index (κ3) is 4.98. The van der Waals surface area contributed by atoms with Gasteiger partial charge >= 0.3 is 0 Å². The van der Waals surface area contributed by atoms with E-state index in [0.29, 0.717) is 12.3 Å². The van der Waals surface area contributed by atoms with Gasteiger partial charge in [0, 0.05) is 11.9 Å². The van der Waals surface area contributed by atoms with Crippen molar-refractivity contribution in [2.75, 3.05) is 0 Å². The molecule has 1 amide bonds. The Kier molecular flexibility index (Phi) is 6.08. The fraction of sp³-hybridized carbons (Fsp3) is 0.160. The van der Waals surface area contributed by atoms with Crippen LogP contribution in [-0.2, 0) is 6.61 Å². The second kappa shape index (κ2) is 9.26. The molecule has 0 aliphatic rings. The number of aromatic nitrogens is 3. The van der Waals surface area contributed by atoms with Crippen molar-refractivity contribution in [3.05, 3.63) is 108 Å². The lowest BCUT2D eigenvalue weighted by atomic mass is 10.1. The van der Waals surface area contributed by atoms with Crippen molar-refractivity contribution in [3.8, 4) is 11.4 Å². The molecule has 6 heteroatoms. The van der Waals surface area contributed by atoms with E-state index in [4.69, 9.17) is 4.74 Å². The quantitative estimate of drug-likeness (QED) is 0.480. The number of aryl methyl sites for hydroxylation is 1. The minimum absolute atomic E-state index is 0.201. The van der Waals surface area contributed by atoms with Crippen LogP contribution in [0.2, 0.25) is 0 Å². The second-order valence-electron chi connectivity index (χ2n) is 7.30. The molecule has 2 aromatic heterocycles. The van der Waals surface area contributed by atoms with Crippen LogP contribution in [0.25, 0.3) is 5.69 Å². The zero-order valence-corrected chi connectivity index (χ0v) is 17.5. The average Bonchev–Trinajstić information content (AvgIpc) is 3.21. The van der Waals surface area contributed by atoms with Crippen molar-refractivity contribution in [3.63, 3.8) is 0 Å². The number of rotatable bonds is 7. The molecule has 0 bridgehead atoms. The van der Waals surface area contributed by atoms with Crippen LogP contribution in [0.3, 0.4) is 0 Å². The Balaban J connectivity index is 1.42. The molecule has 1 unspecified atom stereocenters. The van der Waals surface area contributed by atoms with E-state index in [0.717, 1.165) is 28.4 Å². The van der Waals surface area contributed by atoms with E-state index < -0.39 is 0 Å². The maximum absolute atomic E-state index is 12.8. The molecule has 1 atom stereocenters. The fourth-order valence-corrected chi connectivity index (χ4v) is 3.28. The Morgan fingerprint density at radius 1 is 1.03 bits per heavy atom. The summed E-state index contributed by atoms with van der Waals surface area (Å²) in [6, 6.07) is 24.8. The zero-order chi connectivity index (χ0) is 21.6. The molecule has 0 fully saturated rings. The number of carbonyl (C=O) groups is 1. The third-order valence-corrected chi connectivity index (χ3v) is 4.94. The number of nitrogens with zero attached hydrogens (tertiary/aromatic N) is 3. The number of hydrogen-bond acceptors (Lipinski definition) is 4. The summed E-state index contributed by atoms with van der Waals surface area (Å²) < 4.78 is 7.62. The molecule has 1 N–H and O–H groups in total. The highest BCUT2D eigenvalue weighted by molar-refractivity contribution is 5.92. The summed E-state index contributed by atoms with van der Waals surface area (Å²) in [6.07, 6.45) is 1.74. The summed E-state index contributed by atoms with van der Waals surface area (Å²) in [5.41, 5.74) is 4.01. The minimum atomic E-state index is -0.218. The van der Waals surface area contributed by atoms with Gasteiger partial charge in [-0.1, -0.05) is 36.4 Å². The summed E-state index contributed by atoms with van der Waals surface area (Å²) in [7, 11) is 0. The van der Waals surface area contributed by atoms with E-state index in [1.807, 2.05) is 86.6 Å². The van der Waals surface area contributed by atoms with Crippen LogP contribution >= 0.6 is 0 Å². The van der Waals surface area contributed by atoms with Gasteiger partial charge in [0.05, 0.1) is 17.4 Å². The van der Waals surface area contributed by atoms with Crippen molar-refractivity contribution >= 4 is 5.91 Å². The van der Waals surface area contributed by atoms with Crippen LogP contribution in [0.5, 0.6) is 5.75 Å². The van der Waals surface area contributed by atoms with Crippen LogP contribution in [0.1, 0.15) is 40.4 Å². The molecule has 4 rings (SSSR count). The first kappa shape index (κ1) is 20.3. The van der Waals surface area contributed by atoms with Crippen molar-refractivity contribution in [2.24, 2.45) is 0 Å². The van der Waals surface area contributed by atoms with Crippen molar-refractivity contribution in [2.45, 2.75) is 26.5 Å². The second-order valence-corrected chi connectivity index (χ2v) is 7.30. The fourth-order valence-electron chi connectivity index (χ4n) is 3.28. The molecule has 0 spiro atoms. The summed E-state index contributed by atoms with van der Waals surface area (Å²) >= 11 is 0. The Labute approximate surface area is 181 Å². The molecule has 0 radical (unpaired) electrons. The molecule has 156 valence electrons. The predicted octanol–water partition coefficient (Wildman–Crippen LogP) is 4.65.